The van der Waals surface area contributed by atoms with E-state index in [0.29, 0.717) is 11.4 Å². The third kappa shape index (κ3) is 3.57. The van der Waals surface area contributed by atoms with E-state index in [1.165, 1.54) is 0 Å². The summed E-state index contributed by atoms with van der Waals surface area (Å²) in [6.07, 6.45) is 1.42. The van der Waals surface area contributed by atoms with Gasteiger partial charge < -0.3 is 9.84 Å². The minimum Gasteiger partial charge on any atom is -0.496 e. The highest BCUT2D eigenvalue weighted by Gasteiger charge is 2.18. The van der Waals surface area contributed by atoms with Crippen LogP contribution in [0.5, 0.6) is 5.75 Å². The lowest BCUT2D eigenvalue weighted by atomic mass is 9.95. The molecule has 1 N–H and O–H groups in total. The van der Waals surface area contributed by atoms with Crippen molar-refractivity contribution in [3.63, 3.8) is 0 Å². The van der Waals surface area contributed by atoms with Crippen molar-refractivity contribution in [1.82, 2.24) is 9.78 Å². The maximum Gasteiger partial charge on any atom is 0.122 e. The van der Waals surface area contributed by atoms with Crippen molar-refractivity contribution < 1.29 is 9.84 Å². The molecule has 1 aromatic carbocycles. The van der Waals surface area contributed by atoms with Gasteiger partial charge in [-0.2, -0.15) is 5.10 Å². The van der Waals surface area contributed by atoms with Crippen molar-refractivity contribution in [1.29, 1.82) is 0 Å². The van der Waals surface area contributed by atoms with E-state index in [1.54, 1.807) is 11.8 Å². The summed E-state index contributed by atoms with van der Waals surface area (Å²) in [6, 6.07) is 7.88. The zero-order valence-electron chi connectivity index (χ0n) is 12.6. The Labute approximate surface area is 130 Å². The van der Waals surface area contributed by atoms with E-state index in [9.17, 15) is 5.11 Å². The number of benzene rings is 1. The predicted molar refractivity (Wildman–Crippen MR) is 83.9 cm³/mol. The third-order valence-electron chi connectivity index (χ3n) is 3.70. The molecular formula is C16H21ClN2O2. The first kappa shape index (κ1) is 15.9. The number of rotatable bonds is 6. The van der Waals surface area contributed by atoms with E-state index >= 15 is 0 Å². The smallest absolute Gasteiger partial charge is 0.122 e. The molecule has 1 aromatic heterocycles. The van der Waals surface area contributed by atoms with E-state index in [-0.39, 0.29) is 12.5 Å². The van der Waals surface area contributed by atoms with Crippen molar-refractivity contribution in [2.75, 3.05) is 13.7 Å². The zero-order valence-corrected chi connectivity index (χ0v) is 13.4. The van der Waals surface area contributed by atoms with Gasteiger partial charge in [-0.25, -0.2) is 0 Å². The van der Waals surface area contributed by atoms with Crippen LogP contribution in [0, 0.1) is 12.8 Å². The molecule has 0 bridgehead atoms. The van der Waals surface area contributed by atoms with Crippen molar-refractivity contribution in [3.05, 3.63) is 46.2 Å². The molecular weight excluding hydrogens is 288 g/mol. The van der Waals surface area contributed by atoms with Gasteiger partial charge in [-0.1, -0.05) is 29.8 Å². The van der Waals surface area contributed by atoms with Crippen molar-refractivity contribution in [3.8, 4) is 5.75 Å². The fourth-order valence-electron chi connectivity index (χ4n) is 2.56. The highest BCUT2D eigenvalue weighted by atomic mass is 35.5. The van der Waals surface area contributed by atoms with Gasteiger partial charge in [0.15, 0.2) is 0 Å². The summed E-state index contributed by atoms with van der Waals surface area (Å²) in [5.74, 6) is 0.928. The molecule has 2 aromatic rings. The topological polar surface area (TPSA) is 47.3 Å². The van der Waals surface area contributed by atoms with Crippen molar-refractivity contribution in [2.45, 2.75) is 19.8 Å². The Balaban J connectivity index is 2.17. The lowest BCUT2D eigenvalue weighted by molar-refractivity contribution is 0.222. The monoisotopic (exact) mass is 308 g/mol. The van der Waals surface area contributed by atoms with E-state index in [4.69, 9.17) is 16.3 Å². The maximum atomic E-state index is 9.69. The number of halogens is 1. The van der Waals surface area contributed by atoms with Crippen LogP contribution in [0.2, 0.25) is 5.02 Å². The van der Waals surface area contributed by atoms with Gasteiger partial charge in [0.05, 0.1) is 23.5 Å². The van der Waals surface area contributed by atoms with Gasteiger partial charge in [-0.3, -0.25) is 4.68 Å². The Morgan fingerprint density at radius 2 is 2.05 bits per heavy atom. The van der Waals surface area contributed by atoms with Crippen LogP contribution in [0.1, 0.15) is 17.0 Å². The van der Waals surface area contributed by atoms with E-state index in [1.807, 2.05) is 38.2 Å². The van der Waals surface area contributed by atoms with Gasteiger partial charge in [-0.15, -0.1) is 0 Å². The van der Waals surface area contributed by atoms with Crippen LogP contribution >= 0.6 is 11.6 Å². The number of aliphatic hydroxyl groups is 1. The van der Waals surface area contributed by atoms with E-state index in [2.05, 4.69) is 5.10 Å². The number of hydrogen-bond acceptors (Lipinski definition) is 3. The molecule has 5 heteroatoms. The van der Waals surface area contributed by atoms with Crippen LogP contribution in [0.4, 0.5) is 0 Å². The van der Waals surface area contributed by atoms with E-state index < -0.39 is 0 Å². The minimum absolute atomic E-state index is 0.0774. The third-order valence-corrected chi connectivity index (χ3v) is 4.19. The van der Waals surface area contributed by atoms with Gasteiger partial charge in [0.2, 0.25) is 0 Å². The predicted octanol–water partition coefficient (Wildman–Crippen LogP) is 2.78. The molecule has 0 aliphatic heterocycles. The summed E-state index contributed by atoms with van der Waals surface area (Å²) in [4.78, 5) is 0. The second-order valence-electron chi connectivity index (χ2n) is 5.24. The minimum atomic E-state index is 0.0774. The first-order valence-corrected chi connectivity index (χ1v) is 7.35. The van der Waals surface area contributed by atoms with Crippen LogP contribution < -0.4 is 4.74 Å². The second kappa shape index (κ2) is 6.96. The molecule has 4 nitrogen and oxygen atoms in total. The lowest BCUT2D eigenvalue weighted by Crippen LogP contribution is -2.15. The van der Waals surface area contributed by atoms with Crippen LogP contribution in [0.25, 0.3) is 0 Å². The molecule has 1 unspecified atom stereocenters. The molecule has 0 aliphatic carbocycles. The molecule has 0 spiro atoms. The SMILES string of the molecule is COc1ccccc1CC(CO)Cc1c(Cl)c(C)nn1C. The van der Waals surface area contributed by atoms with E-state index in [0.717, 1.165) is 29.1 Å². The Hall–Kier alpha value is -1.52. The van der Waals surface area contributed by atoms with Gasteiger partial charge >= 0.3 is 0 Å². The Kier molecular flexibility index (Phi) is 5.26. The number of para-hydroxylation sites is 1. The molecule has 0 aliphatic rings. The maximum absolute atomic E-state index is 9.69. The van der Waals surface area contributed by atoms with Gasteiger partial charge in [0, 0.05) is 13.7 Å². The molecule has 0 saturated carbocycles. The number of aromatic nitrogens is 2. The summed E-state index contributed by atoms with van der Waals surface area (Å²) in [5.41, 5.74) is 2.88. The molecule has 21 heavy (non-hydrogen) atoms. The number of ether oxygens (including phenoxy) is 1. The fourth-order valence-corrected chi connectivity index (χ4v) is 2.80. The molecule has 0 radical (unpaired) electrons. The second-order valence-corrected chi connectivity index (χ2v) is 5.62. The molecule has 0 saturated heterocycles. The normalized spacial score (nSPS) is 12.4. The summed E-state index contributed by atoms with van der Waals surface area (Å²) in [7, 11) is 3.54. The Morgan fingerprint density at radius 1 is 1.33 bits per heavy atom. The van der Waals surface area contributed by atoms with Gasteiger partial charge in [-0.05, 0) is 37.3 Å². The Morgan fingerprint density at radius 3 is 2.62 bits per heavy atom. The summed E-state index contributed by atoms with van der Waals surface area (Å²) >= 11 is 6.29. The summed E-state index contributed by atoms with van der Waals surface area (Å²) in [6.45, 7) is 1.98. The highest BCUT2D eigenvalue weighted by molar-refractivity contribution is 6.31. The van der Waals surface area contributed by atoms with Crippen molar-refractivity contribution >= 4 is 11.6 Å². The largest absolute Gasteiger partial charge is 0.496 e. The first-order valence-electron chi connectivity index (χ1n) is 6.97. The standard InChI is InChI=1S/C16H21ClN2O2/c1-11-16(17)14(19(2)18-11)9-12(10-20)8-13-6-4-5-7-15(13)21-3/h4-7,12,20H,8-10H2,1-3H3. The molecule has 1 atom stereocenters. The van der Waals surface area contributed by atoms with Crippen LogP contribution in [-0.4, -0.2) is 28.6 Å². The Bertz CT molecular complexity index is 610. The number of nitrogens with zero attached hydrogens (tertiary/aromatic N) is 2. The molecule has 0 amide bonds. The van der Waals surface area contributed by atoms with Crippen molar-refractivity contribution in [2.24, 2.45) is 13.0 Å². The number of methoxy groups -OCH3 is 1. The van der Waals surface area contributed by atoms with Gasteiger partial charge in [0.1, 0.15) is 5.75 Å². The molecule has 114 valence electrons. The highest BCUT2D eigenvalue weighted by Crippen LogP contribution is 2.26. The fraction of sp³-hybridized carbons (Fsp3) is 0.438. The summed E-state index contributed by atoms with van der Waals surface area (Å²) in [5, 5.41) is 14.7. The number of aryl methyl sites for hydroxylation is 2. The molecule has 1 heterocycles. The average Bonchev–Trinajstić information content (AvgIpc) is 2.73. The van der Waals surface area contributed by atoms with Crippen LogP contribution in [0.3, 0.4) is 0 Å². The number of hydrogen-bond donors (Lipinski definition) is 1. The molecule has 2 rings (SSSR count). The first-order chi connectivity index (χ1) is 10.1. The summed E-state index contributed by atoms with van der Waals surface area (Å²) < 4.78 is 7.16. The lowest BCUT2D eigenvalue weighted by Gasteiger charge is -2.16. The molecule has 0 fully saturated rings. The zero-order chi connectivity index (χ0) is 15.4. The quantitative estimate of drug-likeness (QED) is 0.892. The van der Waals surface area contributed by atoms with Crippen LogP contribution in [0.15, 0.2) is 24.3 Å². The van der Waals surface area contributed by atoms with Crippen LogP contribution in [-0.2, 0) is 19.9 Å². The average molecular weight is 309 g/mol. The van der Waals surface area contributed by atoms with Gasteiger partial charge in [0.25, 0.3) is 0 Å². The number of aliphatic hydroxyl groups excluding tert-OH is 1.